The van der Waals surface area contributed by atoms with Crippen LogP contribution in [-0.4, -0.2) is 44.8 Å². The fourth-order valence-electron chi connectivity index (χ4n) is 2.86. The van der Waals surface area contributed by atoms with Gasteiger partial charge in [-0.1, -0.05) is 12.1 Å². The summed E-state index contributed by atoms with van der Waals surface area (Å²) in [5.74, 6) is 0.186. The molecule has 2 N–H and O–H groups in total. The summed E-state index contributed by atoms with van der Waals surface area (Å²) < 4.78 is 15.9. The molecule has 1 unspecified atom stereocenters. The molecule has 7 nitrogen and oxygen atoms in total. The van der Waals surface area contributed by atoms with Gasteiger partial charge in [0.2, 0.25) is 0 Å². The van der Waals surface area contributed by atoms with Crippen molar-refractivity contribution in [3.63, 3.8) is 0 Å². The van der Waals surface area contributed by atoms with Gasteiger partial charge in [-0.25, -0.2) is 0 Å². The summed E-state index contributed by atoms with van der Waals surface area (Å²) in [6.07, 6.45) is 1.18. The van der Waals surface area contributed by atoms with Crippen molar-refractivity contribution < 1.29 is 23.8 Å². The lowest BCUT2D eigenvalue weighted by molar-refractivity contribution is -0.124. The first kappa shape index (κ1) is 19.9. The third-order valence-corrected chi connectivity index (χ3v) is 4.26. The lowest BCUT2D eigenvalue weighted by Gasteiger charge is -2.12. The summed E-state index contributed by atoms with van der Waals surface area (Å²) in [7, 11) is 1.61. The van der Waals surface area contributed by atoms with Gasteiger partial charge in [0.1, 0.15) is 18.5 Å². The molecule has 1 saturated heterocycles. The van der Waals surface area contributed by atoms with E-state index in [9.17, 15) is 9.59 Å². The number of anilines is 2. The van der Waals surface area contributed by atoms with Crippen LogP contribution in [0.5, 0.6) is 5.75 Å². The third kappa shape index (κ3) is 5.55. The second-order valence-electron chi connectivity index (χ2n) is 6.39. The van der Waals surface area contributed by atoms with Crippen molar-refractivity contribution in [2.75, 3.05) is 37.6 Å². The quantitative estimate of drug-likeness (QED) is 0.683. The summed E-state index contributed by atoms with van der Waals surface area (Å²) in [5, 5.41) is 5.64. The van der Waals surface area contributed by atoms with Gasteiger partial charge >= 0.3 is 0 Å². The summed E-state index contributed by atoms with van der Waals surface area (Å²) in [6.45, 7) is 1.52. The van der Waals surface area contributed by atoms with Gasteiger partial charge < -0.3 is 24.8 Å². The van der Waals surface area contributed by atoms with Crippen molar-refractivity contribution >= 4 is 23.2 Å². The van der Waals surface area contributed by atoms with E-state index in [1.807, 2.05) is 6.07 Å². The highest BCUT2D eigenvalue weighted by atomic mass is 16.5. The lowest BCUT2D eigenvalue weighted by Crippen LogP contribution is -2.27. The van der Waals surface area contributed by atoms with E-state index in [0.717, 1.165) is 12.8 Å². The molecular weight excluding hydrogens is 360 g/mol. The van der Waals surface area contributed by atoms with Gasteiger partial charge in [-0.05, 0) is 43.2 Å². The Morgan fingerprint density at radius 2 is 1.86 bits per heavy atom. The van der Waals surface area contributed by atoms with Crippen LogP contribution < -0.4 is 15.4 Å². The molecule has 1 atom stereocenters. The molecule has 2 aromatic rings. The minimum atomic E-state index is -0.418. The van der Waals surface area contributed by atoms with E-state index in [1.165, 1.54) is 0 Å². The van der Waals surface area contributed by atoms with E-state index in [1.54, 1.807) is 49.6 Å². The molecule has 1 fully saturated rings. The summed E-state index contributed by atoms with van der Waals surface area (Å²) in [6, 6.07) is 13.9. The molecule has 1 heterocycles. The first-order chi connectivity index (χ1) is 13.7. The van der Waals surface area contributed by atoms with Crippen molar-refractivity contribution in [2.24, 2.45) is 0 Å². The van der Waals surface area contributed by atoms with Crippen LogP contribution in [0.3, 0.4) is 0 Å². The average Bonchev–Trinajstić information content (AvgIpc) is 3.24. The van der Waals surface area contributed by atoms with E-state index >= 15 is 0 Å². The molecular formula is C21H24N2O5. The highest BCUT2D eigenvalue weighted by Crippen LogP contribution is 2.20. The van der Waals surface area contributed by atoms with Crippen molar-refractivity contribution in [3.05, 3.63) is 54.1 Å². The van der Waals surface area contributed by atoms with Crippen molar-refractivity contribution in [3.8, 4) is 5.75 Å². The summed E-state index contributed by atoms with van der Waals surface area (Å²) in [4.78, 5) is 24.7. The number of carbonyl (C=O) groups is 2. The van der Waals surface area contributed by atoms with Crippen LogP contribution in [0.15, 0.2) is 48.5 Å². The highest BCUT2D eigenvalue weighted by molar-refractivity contribution is 6.05. The Morgan fingerprint density at radius 3 is 2.61 bits per heavy atom. The van der Waals surface area contributed by atoms with Crippen LogP contribution in [0.4, 0.5) is 11.4 Å². The maximum Gasteiger partial charge on any atom is 0.255 e. The third-order valence-electron chi connectivity index (χ3n) is 4.26. The predicted octanol–water partition coefficient (Wildman–Crippen LogP) is 3.08. The van der Waals surface area contributed by atoms with E-state index in [0.29, 0.717) is 42.5 Å². The Bertz CT molecular complexity index is 818. The van der Waals surface area contributed by atoms with Crippen LogP contribution >= 0.6 is 0 Å². The average molecular weight is 384 g/mol. The number of methoxy groups -OCH3 is 1. The number of carbonyl (C=O) groups excluding carboxylic acids is 2. The molecule has 1 aliphatic heterocycles. The fourth-order valence-corrected chi connectivity index (χ4v) is 2.86. The Balaban J connectivity index is 1.61. The molecule has 0 aliphatic carbocycles. The number of ether oxygens (including phenoxy) is 3. The molecule has 28 heavy (non-hydrogen) atoms. The van der Waals surface area contributed by atoms with Gasteiger partial charge in [-0.15, -0.1) is 0 Å². The second-order valence-corrected chi connectivity index (χ2v) is 6.39. The lowest BCUT2D eigenvalue weighted by atomic mass is 10.1. The van der Waals surface area contributed by atoms with Crippen LogP contribution in [0, 0.1) is 0 Å². The number of benzene rings is 2. The first-order valence-corrected chi connectivity index (χ1v) is 9.21. The van der Waals surface area contributed by atoms with Gasteiger partial charge in [0, 0.05) is 36.7 Å². The molecule has 0 spiro atoms. The van der Waals surface area contributed by atoms with Gasteiger partial charge in [0.25, 0.3) is 11.8 Å². The largest absolute Gasteiger partial charge is 0.491 e. The number of nitrogens with one attached hydrogen (secondary N) is 2. The molecule has 3 rings (SSSR count). The fraction of sp³-hybridized carbons (Fsp3) is 0.333. The zero-order valence-corrected chi connectivity index (χ0v) is 15.8. The Hall–Kier alpha value is -2.90. The summed E-state index contributed by atoms with van der Waals surface area (Å²) in [5.41, 5.74) is 1.62. The zero-order chi connectivity index (χ0) is 19.8. The molecule has 0 radical (unpaired) electrons. The van der Waals surface area contributed by atoms with Gasteiger partial charge in [-0.3, -0.25) is 9.59 Å². The smallest absolute Gasteiger partial charge is 0.255 e. The van der Waals surface area contributed by atoms with Crippen LogP contribution in [-0.2, 0) is 14.3 Å². The molecule has 148 valence electrons. The molecule has 7 heteroatoms. The van der Waals surface area contributed by atoms with Crippen molar-refractivity contribution in [2.45, 2.75) is 18.9 Å². The number of hydrogen-bond donors (Lipinski definition) is 2. The Kier molecular flexibility index (Phi) is 7.00. The predicted molar refractivity (Wildman–Crippen MR) is 106 cm³/mol. The number of amides is 2. The van der Waals surface area contributed by atoms with Crippen molar-refractivity contribution in [1.29, 1.82) is 0 Å². The normalized spacial score (nSPS) is 15.8. The Morgan fingerprint density at radius 1 is 1.07 bits per heavy atom. The number of hydrogen-bond acceptors (Lipinski definition) is 5. The topological polar surface area (TPSA) is 85.9 Å². The number of rotatable bonds is 8. The second kappa shape index (κ2) is 9.87. The van der Waals surface area contributed by atoms with Crippen LogP contribution in [0.2, 0.25) is 0 Å². The zero-order valence-electron chi connectivity index (χ0n) is 15.8. The van der Waals surface area contributed by atoms with E-state index < -0.39 is 6.10 Å². The molecule has 1 aliphatic rings. The first-order valence-electron chi connectivity index (χ1n) is 9.21. The molecule has 0 aromatic heterocycles. The van der Waals surface area contributed by atoms with E-state index in [4.69, 9.17) is 14.2 Å². The standard InChI is InChI=1S/C21H24N2O5/c1-26-11-12-27-18-8-3-7-17(14-18)22-20(24)15-5-2-6-16(13-15)23-21(25)19-9-4-10-28-19/h2-3,5-8,13-14,19H,4,9-12H2,1H3,(H,22,24)(H,23,25). The highest BCUT2D eigenvalue weighted by Gasteiger charge is 2.23. The monoisotopic (exact) mass is 384 g/mol. The van der Waals surface area contributed by atoms with Gasteiger partial charge in [0.15, 0.2) is 0 Å². The van der Waals surface area contributed by atoms with Crippen LogP contribution in [0.1, 0.15) is 23.2 Å². The minimum Gasteiger partial charge on any atom is -0.491 e. The maximum atomic E-state index is 12.6. The van der Waals surface area contributed by atoms with E-state index in [2.05, 4.69) is 10.6 Å². The molecule has 2 amide bonds. The van der Waals surface area contributed by atoms with E-state index in [-0.39, 0.29) is 11.8 Å². The minimum absolute atomic E-state index is 0.184. The SMILES string of the molecule is COCCOc1cccc(NC(=O)c2cccc(NC(=O)C3CCCO3)c2)c1. The summed E-state index contributed by atoms with van der Waals surface area (Å²) >= 11 is 0. The van der Waals surface area contributed by atoms with Crippen LogP contribution in [0.25, 0.3) is 0 Å². The maximum absolute atomic E-state index is 12.6. The Labute approximate surface area is 164 Å². The molecule has 2 aromatic carbocycles. The van der Waals surface area contributed by atoms with Gasteiger partial charge in [0.05, 0.1) is 6.61 Å². The molecule has 0 bridgehead atoms. The molecule has 0 saturated carbocycles. The van der Waals surface area contributed by atoms with Crippen molar-refractivity contribution in [1.82, 2.24) is 0 Å². The van der Waals surface area contributed by atoms with Gasteiger partial charge in [-0.2, -0.15) is 0 Å².